The van der Waals surface area contributed by atoms with Gasteiger partial charge < -0.3 is 14.8 Å². The van der Waals surface area contributed by atoms with Crippen LogP contribution in [0.3, 0.4) is 0 Å². The molecule has 0 unspecified atom stereocenters. The summed E-state index contributed by atoms with van der Waals surface area (Å²) in [5.74, 6) is 0.251. The molecule has 0 heterocycles. The molecule has 150 valence electrons. The van der Waals surface area contributed by atoms with Crippen LogP contribution < -0.4 is 14.8 Å². The van der Waals surface area contributed by atoms with E-state index in [-0.39, 0.29) is 10.7 Å². The van der Waals surface area contributed by atoms with Gasteiger partial charge in [0.2, 0.25) is 15.9 Å². The number of benzene rings is 2. The molecule has 0 bridgehead atoms. The molecule has 2 aromatic rings. The minimum absolute atomic E-state index is 0.00479. The number of nitrogens with zero attached hydrogens (tertiary/aromatic N) is 1. The summed E-state index contributed by atoms with van der Waals surface area (Å²) in [5, 5.41) is 2.62. The quantitative estimate of drug-likeness (QED) is 0.674. The van der Waals surface area contributed by atoms with Gasteiger partial charge in [0.25, 0.3) is 0 Å². The predicted molar refractivity (Wildman–Crippen MR) is 104 cm³/mol. The molecule has 0 aliphatic heterocycles. The Labute approximate surface area is 164 Å². The molecule has 2 rings (SSSR count). The summed E-state index contributed by atoms with van der Waals surface area (Å²) in [6.07, 6.45) is 0. The first-order valence-electron chi connectivity index (χ1n) is 8.28. The second kappa shape index (κ2) is 8.85. The number of hydrogen-bond donors (Lipinski definition) is 1. The van der Waals surface area contributed by atoms with Crippen molar-refractivity contribution < 1.29 is 27.5 Å². The predicted octanol–water partition coefficient (Wildman–Crippen LogP) is 2.17. The molecule has 1 N–H and O–H groups in total. The third kappa shape index (κ3) is 4.87. The zero-order valence-electron chi connectivity index (χ0n) is 16.1. The molecule has 8 nitrogen and oxygen atoms in total. The van der Waals surface area contributed by atoms with Gasteiger partial charge in [-0.3, -0.25) is 9.59 Å². The molecule has 1 amide bonds. The number of carbonyl (C=O) groups excluding carboxylic acids is 2. The molecule has 0 spiro atoms. The van der Waals surface area contributed by atoms with Gasteiger partial charge in [-0.05, 0) is 31.2 Å². The van der Waals surface area contributed by atoms with E-state index in [4.69, 9.17) is 9.47 Å². The molecule has 0 aliphatic carbocycles. The Kier molecular flexibility index (Phi) is 6.76. The highest BCUT2D eigenvalue weighted by molar-refractivity contribution is 7.89. The number of nitrogens with one attached hydrogen (secondary N) is 1. The first-order chi connectivity index (χ1) is 13.2. The number of carbonyl (C=O) groups is 2. The summed E-state index contributed by atoms with van der Waals surface area (Å²) >= 11 is 0. The maximum atomic E-state index is 12.6. The number of hydrogen-bond acceptors (Lipinski definition) is 6. The smallest absolute Gasteiger partial charge is 0.243 e. The van der Waals surface area contributed by atoms with E-state index in [1.807, 2.05) is 0 Å². The van der Waals surface area contributed by atoms with E-state index in [0.29, 0.717) is 22.7 Å². The van der Waals surface area contributed by atoms with Gasteiger partial charge in [0, 0.05) is 18.7 Å². The minimum Gasteiger partial charge on any atom is -0.497 e. The lowest BCUT2D eigenvalue weighted by atomic mass is 10.2. The Morgan fingerprint density at radius 3 is 2.21 bits per heavy atom. The molecular weight excluding hydrogens is 384 g/mol. The Morgan fingerprint density at radius 2 is 1.68 bits per heavy atom. The fraction of sp³-hybridized carbons (Fsp3) is 0.263. The van der Waals surface area contributed by atoms with Crippen molar-refractivity contribution in [3.8, 4) is 11.5 Å². The molecule has 0 fully saturated rings. The van der Waals surface area contributed by atoms with Crippen molar-refractivity contribution >= 4 is 27.4 Å². The van der Waals surface area contributed by atoms with E-state index in [0.717, 1.165) is 4.31 Å². The standard InChI is InChI=1S/C19H22N2O6S/c1-13(22)14-5-8-16(9-6-14)28(24,25)21(2)12-19(23)20-17-10-7-15(26-3)11-18(17)27-4/h5-11H,12H2,1-4H3,(H,20,23). The van der Waals surface area contributed by atoms with Gasteiger partial charge >= 0.3 is 0 Å². The molecule has 0 aromatic heterocycles. The first-order valence-corrected chi connectivity index (χ1v) is 9.72. The number of anilines is 1. The molecule has 0 aliphatic rings. The summed E-state index contributed by atoms with van der Waals surface area (Å²) in [6.45, 7) is 0.999. The van der Waals surface area contributed by atoms with E-state index < -0.39 is 22.5 Å². The maximum Gasteiger partial charge on any atom is 0.243 e. The van der Waals surface area contributed by atoms with E-state index in [1.165, 1.54) is 52.5 Å². The average Bonchev–Trinajstić information content (AvgIpc) is 2.68. The monoisotopic (exact) mass is 406 g/mol. The molecule has 0 saturated heterocycles. The van der Waals surface area contributed by atoms with E-state index in [1.54, 1.807) is 18.2 Å². The summed E-state index contributed by atoms with van der Waals surface area (Å²) < 4.78 is 36.5. The highest BCUT2D eigenvalue weighted by Crippen LogP contribution is 2.29. The number of ketones is 1. The van der Waals surface area contributed by atoms with Gasteiger partial charge in [-0.1, -0.05) is 12.1 Å². The van der Waals surface area contributed by atoms with Crippen molar-refractivity contribution in [1.82, 2.24) is 4.31 Å². The van der Waals surface area contributed by atoms with Crippen LogP contribution in [0.2, 0.25) is 0 Å². The fourth-order valence-electron chi connectivity index (χ4n) is 2.42. The van der Waals surface area contributed by atoms with Gasteiger partial charge in [0.1, 0.15) is 11.5 Å². The van der Waals surface area contributed by atoms with E-state index in [9.17, 15) is 18.0 Å². The summed E-state index contributed by atoms with van der Waals surface area (Å²) in [4.78, 5) is 23.6. The third-order valence-electron chi connectivity index (χ3n) is 4.02. The molecule has 0 radical (unpaired) electrons. The second-order valence-corrected chi connectivity index (χ2v) is 8.00. The number of Topliss-reactive ketones (excluding diaryl/α,β-unsaturated/α-hetero) is 1. The van der Waals surface area contributed by atoms with Gasteiger partial charge in [-0.25, -0.2) is 8.42 Å². The van der Waals surface area contributed by atoms with Crippen LogP contribution >= 0.6 is 0 Å². The number of methoxy groups -OCH3 is 2. The van der Waals surface area contributed by atoms with Crippen molar-refractivity contribution in [2.24, 2.45) is 0 Å². The molecular formula is C19H22N2O6S. The Hall–Kier alpha value is -2.91. The number of amides is 1. The van der Waals surface area contributed by atoms with Crippen molar-refractivity contribution in [1.29, 1.82) is 0 Å². The average molecular weight is 406 g/mol. The molecule has 0 atom stereocenters. The van der Waals surface area contributed by atoms with Crippen LogP contribution in [0, 0.1) is 0 Å². The largest absolute Gasteiger partial charge is 0.497 e. The van der Waals surface area contributed by atoms with Crippen molar-refractivity contribution in [3.63, 3.8) is 0 Å². The lowest BCUT2D eigenvalue weighted by Gasteiger charge is -2.18. The summed E-state index contributed by atoms with van der Waals surface area (Å²) in [7, 11) is 0.379. The van der Waals surface area contributed by atoms with E-state index >= 15 is 0 Å². The SMILES string of the molecule is COc1ccc(NC(=O)CN(C)S(=O)(=O)c2ccc(C(C)=O)cc2)c(OC)c1. The van der Waals surface area contributed by atoms with Gasteiger partial charge in [-0.2, -0.15) is 4.31 Å². The molecule has 28 heavy (non-hydrogen) atoms. The first kappa shape index (κ1) is 21.4. The zero-order valence-corrected chi connectivity index (χ0v) is 16.9. The van der Waals surface area contributed by atoms with Crippen LogP contribution in [-0.4, -0.2) is 52.2 Å². The van der Waals surface area contributed by atoms with Crippen LogP contribution in [0.15, 0.2) is 47.4 Å². The number of ether oxygens (including phenoxy) is 2. The normalized spacial score (nSPS) is 11.2. The van der Waals surface area contributed by atoms with Crippen LogP contribution in [0.5, 0.6) is 11.5 Å². The third-order valence-corrected chi connectivity index (χ3v) is 5.84. The van der Waals surface area contributed by atoms with Crippen molar-refractivity contribution in [2.75, 3.05) is 33.1 Å². The molecule has 0 saturated carbocycles. The lowest BCUT2D eigenvalue weighted by Crippen LogP contribution is -2.35. The highest BCUT2D eigenvalue weighted by Gasteiger charge is 2.23. The molecule has 2 aromatic carbocycles. The number of likely N-dealkylation sites (N-methyl/N-ethyl adjacent to an activating group) is 1. The van der Waals surface area contributed by atoms with Gasteiger partial charge in [0.15, 0.2) is 5.78 Å². The van der Waals surface area contributed by atoms with Crippen molar-refractivity contribution in [3.05, 3.63) is 48.0 Å². The second-order valence-electron chi connectivity index (χ2n) is 5.96. The minimum atomic E-state index is -3.89. The van der Waals surface area contributed by atoms with Gasteiger partial charge in [0.05, 0.1) is 31.3 Å². The van der Waals surface area contributed by atoms with Crippen LogP contribution in [0.1, 0.15) is 17.3 Å². The van der Waals surface area contributed by atoms with Crippen molar-refractivity contribution in [2.45, 2.75) is 11.8 Å². The van der Waals surface area contributed by atoms with Crippen LogP contribution in [0.4, 0.5) is 5.69 Å². The Morgan fingerprint density at radius 1 is 1.04 bits per heavy atom. The maximum absolute atomic E-state index is 12.6. The Bertz CT molecular complexity index is 970. The van der Waals surface area contributed by atoms with Gasteiger partial charge in [-0.15, -0.1) is 0 Å². The lowest BCUT2D eigenvalue weighted by molar-refractivity contribution is -0.116. The fourth-order valence-corrected chi connectivity index (χ4v) is 3.55. The summed E-state index contributed by atoms with van der Waals surface area (Å²) in [6, 6.07) is 10.4. The van der Waals surface area contributed by atoms with E-state index in [2.05, 4.69) is 5.32 Å². The number of sulfonamides is 1. The zero-order chi connectivity index (χ0) is 20.9. The topological polar surface area (TPSA) is 102 Å². The number of rotatable bonds is 8. The highest BCUT2D eigenvalue weighted by atomic mass is 32.2. The molecule has 9 heteroatoms. The van der Waals surface area contributed by atoms with Crippen LogP contribution in [-0.2, 0) is 14.8 Å². The Balaban J connectivity index is 2.12. The summed E-state index contributed by atoms with van der Waals surface area (Å²) in [5.41, 5.74) is 0.802. The van der Waals surface area contributed by atoms with Crippen LogP contribution in [0.25, 0.3) is 0 Å².